The van der Waals surface area contributed by atoms with Gasteiger partial charge < -0.3 is 9.32 Å². The zero-order chi connectivity index (χ0) is 32.3. The maximum Gasteiger partial charge on any atom is 0.135 e. The van der Waals surface area contributed by atoms with Gasteiger partial charge in [0.15, 0.2) is 0 Å². The molecule has 2 aromatic heterocycles. The standard InChI is InChI=1S/C46H29NOS/c1-2-10-30(11-3-1)36-12-4-5-13-37(36)31-18-21-33(22-19-31)47(35-24-26-43-41(29-35)39-14-6-8-16-42(39)48-43)34-23-25-38-32(28-34)20-27-45-46(38)40-15-7-9-17-44(40)49-45/h1-29H. The molecule has 49 heavy (non-hydrogen) atoms. The number of para-hydroxylation sites is 1. The second-order valence-corrected chi connectivity index (χ2v) is 13.6. The zero-order valence-corrected chi connectivity index (χ0v) is 27.3. The second kappa shape index (κ2) is 11.2. The molecular weight excluding hydrogens is 615 g/mol. The molecule has 0 bridgehead atoms. The normalized spacial score (nSPS) is 11.7. The molecular formula is C46H29NOS. The van der Waals surface area contributed by atoms with E-state index in [4.69, 9.17) is 4.42 Å². The molecule has 0 fully saturated rings. The highest BCUT2D eigenvalue weighted by molar-refractivity contribution is 7.26. The predicted molar refractivity (Wildman–Crippen MR) is 210 cm³/mol. The Morgan fingerprint density at radius 2 is 1.02 bits per heavy atom. The lowest BCUT2D eigenvalue weighted by Crippen LogP contribution is -2.09. The molecule has 0 amide bonds. The fraction of sp³-hybridized carbons (Fsp3) is 0. The molecule has 8 aromatic carbocycles. The molecule has 10 aromatic rings. The molecule has 0 saturated heterocycles. The summed E-state index contributed by atoms with van der Waals surface area (Å²) in [6.45, 7) is 0. The largest absolute Gasteiger partial charge is 0.456 e. The predicted octanol–water partition coefficient (Wildman–Crippen LogP) is 13.9. The Kier molecular flexibility index (Phi) is 6.39. The van der Waals surface area contributed by atoms with Gasteiger partial charge in [-0.3, -0.25) is 0 Å². The molecule has 0 atom stereocenters. The van der Waals surface area contributed by atoms with Crippen molar-refractivity contribution in [2.45, 2.75) is 0 Å². The Morgan fingerprint density at radius 1 is 0.388 bits per heavy atom. The van der Waals surface area contributed by atoms with Gasteiger partial charge in [-0.1, -0.05) is 115 Å². The fourth-order valence-corrected chi connectivity index (χ4v) is 8.50. The Labute approximate surface area is 287 Å². The Hall–Kier alpha value is -6.16. The Bertz CT molecular complexity index is 2830. The highest BCUT2D eigenvalue weighted by Gasteiger charge is 2.18. The molecule has 0 radical (unpaired) electrons. The fourth-order valence-electron chi connectivity index (χ4n) is 7.37. The first-order valence-electron chi connectivity index (χ1n) is 16.6. The third-order valence-corrected chi connectivity index (χ3v) is 10.8. The third-order valence-electron chi connectivity index (χ3n) is 9.67. The summed E-state index contributed by atoms with van der Waals surface area (Å²) in [6.07, 6.45) is 0. The van der Waals surface area contributed by atoms with Gasteiger partial charge in [0.2, 0.25) is 0 Å². The van der Waals surface area contributed by atoms with Gasteiger partial charge in [0, 0.05) is 48.0 Å². The average Bonchev–Trinajstić information content (AvgIpc) is 3.74. The van der Waals surface area contributed by atoms with Crippen LogP contribution in [0.5, 0.6) is 0 Å². The van der Waals surface area contributed by atoms with Crippen LogP contribution in [0.1, 0.15) is 0 Å². The van der Waals surface area contributed by atoms with E-state index in [2.05, 4.69) is 169 Å². The monoisotopic (exact) mass is 643 g/mol. The lowest BCUT2D eigenvalue weighted by Gasteiger charge is -2.26. The van der Waals surface area contributed by atoms with Gasteiger partial charge in [-0.15, -0.1) is 11.3 Å². The third kappa shape index (κ3) is 4.62. The van der Waals surface area contributed by atoms with Crippen LogP contribution in [-0.2, 0) is 0 Å². The van der Waals surface area contributed by atoms with Crippen LogP contribution in [0.3, 0.4) is 0 Å². The molecule has 2 nitrogen and oxygen atoms in total. The van der Waals surface area contributed by atoms with E-state index < -0.39 is 0 Å². The summed E-state index contributed by atoms with van der Waals surface area (Å²) in [5.41, 5.74) is 9.92. The first-order chi connectivity index (χ1) is 24.3. The van der Waals surface area contributed by atoms with Crippen LogP contribution in [-0.4, -0.2) is 0 Å². The molecule has 0 saturated carbocycles. The number of anilines is 3. The molecule has 0 aliphatic heterocycles. The summed E-state index contributed by atoms with van der Waals surface area (Å²) in [4.78, 5) is 2.36. The number of hydrogen-bond acceptors (Lipinski definition) is 3. The summed E-state index contributed by atoms with van der Waals surface area (Å²) >= 11 is 1.86. The summed E-state index contributed by atoms with van der Waals surface area (Å²) in [7, 11) is 0. The van der Waals surface area contributed by atoms with E-state index >= 15 is 0 Å². The minimum absolute atomic E-state index is 0.892. The molecule has 0 unspecified atom stereocenters. The van der Waals surface area contributed by atoms with Crippen LogP contribution in [0, 0.1) is 0 Å². The highest BCUT2D eigenvalue weighted by Crippen LogP contribution is 2.43. The van der Waals surface area contributed by atoms with Crippen molar-refractivity contribution in [1.29, 1.82) is 0 Å². The highest BCUT2D eigenvalue weighted by atomic mass is 32.1. The van der Waals surface area contributed by atoms with Crippen LogP contribution >= 0.6 is 11.3 Å². The van der Waals surface area contributed by atoms with Crippen molar-refractivity contribution in [3.63, 3.8) is 0 Å². The molecule has 230 valence electrons. The first kappa shape index (κ1) is 27.9. The van der Waals surface area contributed by atoms with Gasteiger partial charge >= 0.3 is 0 Å². The minimum atomic E-state index is 0.892. The maximum absolute atomic E-state index is 6.22. The van der Waals surface area contributed by atoms with E-state index in [9.17, 15) is 0 Å². The van der Waals surface area contributed by atoms with Crippen LogP contribution < -0.4 is 4.90 Å². The van der Waals surface area contributed by atoms with Crippen molar-refractivity contribution in [3.8, 4) is 22.3 Å². The minimum Gasteiger partial charge on any atom is -0.456 e. The number of benzene rings is 8. The molecule has 0 aliphatic carbocycles. The van der Waals surface area contributed by atoms with Crippen molar-refractivity contribution in [3.05, 3.63) is 176 Å². The lowest BCUT2D eigenvalue weighted by molar-refractivity contribution is 0.669. The zero-order valence-electron chi connectivity index (χ0n) is 26.5. The van der Waals surface area contributed by atoms with Gasteiger partial charge in [0.05, 0.1) is 0 Å². The molecule has 0 N–H and O–H groups in total. The summed E-state index contributed by atoms with van der Waals surface area (Å²) in [6, 6.07) is 63.3. The smallest absolute Gasteiger partial charge is 0.135 e. The summed E-state index contributed by atoms with van der Waals surface area (Å²) in [5.74, 6) is 0. The van der Waals surface area contributed by atoms with E-state index in [0.717, 1.165) is 39.0 Å². The van der Waals surface area contributed by atoms with Gasteiger partial charge in [0.1, 0.15) is 11.2 Å². The van der Waals surface area contributed by atoms with Crippen LogP contribution in [0.4, 0.5) is 17.1 Å². The summed E-state index contributed by atoms with van der Waals surface area (Å²) < 4.78 is 8.87. The number of hydrogen-bond donors (Lipinski definition) is 0. The molecule has 3 heteroatoms. The van der Waals surface area contributed by atoms with Crippen molar-refractivity contribution >= 4 is 81.3 Å². The van der Waals surface area contributed by atoms with Crippen molar-refractivity contribution in [2.24, 2.45) is 0 Å². The number of nitrogens with zero attached hydrogens (tertiary/aromatic N) is 1. The van der Waals surface area contributed by atoms with Crippen molar-refractivity contribution < 1.29 is 4.42 Å². The first-order valence-corrected chi connectivity index (χ1v) is 17.4. The second-order valence-electron chi connectivity index (χ2n) is 12.5. The van der Waals surface area contributed by atoms with Gasteiger partial charge in [0.25, 0.3) is 0 Å². The number of thiophene rings is 1. The van der Waals surface area contributed by atoms with Gasteiger partial charge in [-0.05, 0) is 93.7 Å². The van der Waals surface area contributed by atoms with E-state index in [1.54, 1.807) is 0 Å². The molecule has 10 rings (SSSR count). The molecule has 0 spiro atoms. The Balaban J connectivity index is 1.14. The van der Waals surface area contributed by atoms with Crippen molar-refractivity contribution in [2.75, 3.05) is 4.90 Å². The van der Waals surface area contributed by atoms with E-state index in [0.29, 0.717) is 0 Å². The van der Waals surface area contributed by atoms with Crippen LogP contribution in [0.2, 0.25) is 0 Å². The van der Waals surface area contributed by atoms with Crippen LogP contribution in [0.15, 0.2) is 180 Å². The topological polar surface area (TPSA) is 16.4 Å². The maximum atomic E-state index is 6.22. The summed E-state index contributed by atoms with van der Waals surface area (Å²) in [5, 5.41) is 7.39. The average molecular weight is 644 g/mol. The quantitative estimate of drug-likeness (QED) is 0.186. The van der Waals surface area contributed by atoms with E-state index in [1.165, 1.54) is 53.2 Å². The molecule has 0 aliphatic rings. The van der Waals surface area contributed by atoms with Gasteiger partial charge in [-0.25, -0.2) is 0 Å². The Morgan fingerprint density at radius 3 is 1.86 bits per heavy atom. The van der Waals surface area contributed by atoms with Crippen molar-refractivity contribution in [1.82, 2.24) is 0 Å². The molecule has 2 heterocycles. The van der Waals surface area contributed by atoms with E-state index in [1.807, 2.05) is 23.5 Å². The number of furan rings is 1. The number of rotatable bonds is 5. The lowest BCUT2D eigenvalue weighted by atomic mass is 9.94. The van der Waals surface area contributed by atoms with Gasteiger partial charge in [-0.2, -0.15) is 0 Å². The van der Waals surface area contributed by atoms with E-state index in [-0.39, 0.29) is 0 Å². The number of fused-ring (bicyclic) bond motifs is 8. The van der Waals surface area contributed by atoms with Crippen LogP contribution in [0.25, 0.3) is 75.1 Å². The SMILES string of the molecule is c1ccc(-c2ccccc2-c2ccc(N(c3ccc4c(ccc5sc6ccccc6c54)c3)c3ccc4oc5ccccc5c4c3)cc2)cc1.